The first-order chi connectivity index (χ1) is 17.4. The van der Waals surface area contributed by atoms with Gasteiger partial charge < -0.3 is 14.6 Å². The summed E-state index contributed by atoms with van der Waals surface area (Å²) in [6, 6.07) is 17.4. The van der Waals surface area contributed by atoms with Crippen LogP contribution in [0.25, 0.3) is 28.5 Å². The number of amides is 1. The second-order valence-electron chi connectivity index (χ2n) is 7.93. The van der Waals surface area contributed by atoms with Crippen molar-refractivity contribution in [3.05, 3.63) is 88.5 Å². The van der Waals surface area contributed by atoms with Gasteiger partial charge in [-0.2, -0.15) is 4.98 Å². The second kappa shape index (κ2) is 9.29. The molecule has 1 amide bonds. The number of aromatic nitrogens is 5. The third-order valence-electron chi connectivity index (χ3n) is 5.48. The largest absolute Gasteiger partial charge is 0.465 e. The van der Waals surface area contributed by atoms with Crippen LogP contribution in [-0.2, 0) is 16.1 Å². The van der Waals surface area contributed by atoms with Gasteiger partial charge in [-0.05, 0) is 31.2 Å². The highest BCUT2D eigenvalue weighted by Gasteiger charge is 2.19. The number of nitrogens with zero attached hydrogens (tertiary/aromatic N) is 5. The fraction of sp³-hybridized carbons (Fsp3) is 0.120. The lowest BCUT2D eigenvalue weighted by atomic mass is 10.1. The molecule has 11 heteroatoms. The Hall–Kier alpha value is -5.06. The third-order valence-corrected chi connectivity index (χ3v) is 5.48. The van der Waals surface area contributed by atoms with Gasteiger partial charge in [0, 0.05) is 11.8 Å². The van der Waals surface area contributed by atoms with Gasteiger partial charge in [0.05, 0.1) is 23.9 Å². The smallest absolute Gasteiger partial charge is 0.350 e. The molecule has 0 radical (unpaired) electrons. The summed E-state index contributed by atoms with van der Waals surface area (Å²) in [5.41, 5.74) is 2.52. The van der Waals surface area contributed by atoms with Crippen molar-refractivity contribution in [1.29, 1.82) is 0 Å². The van der Waals surface area contributed by atoms with E-state index >= 15 is 0 Å². The van der Waals surface area contributed by atoms with Crippen LogP contribution in [0.5, 0.6) is 0 Å². The molecule has 5 rings (SSSR count). The van der Waals surface area contributed by atoms with Crippen LogP contribution in [0, 0.1) is 6.92 Å². The number of hydrogen-bond acceptors (Lipinski definition) is 8. The van der Waals surface area contributed by atoms with Crippen molar-refractivity contribution < 1.29 is 18.8 Å². The standard InChI is InChI=1S/C25H20N6O5/c1-15-9-11-16(12-10-15)21-27-23(36-29-21)18-7-5-13-30-22(18)28-31(25(30)34)14-20(32)26-19-8-4-3-6-17(19)24(33)35-2/h3-13H,14H2,1-2H3,(H,26,32). The quantitative estimate of drug-likeness (QED) is 0.364. The fourth-order valence-corrected chi connectivity index (χ4v) is 3.67. The highest BCUT2D eigenvalue weighted by atomic mass is 16.5. The molecular weight excluding hydrogens is 464 g/mol. The topological polar surface area (TPSA) is 134 Å². The molecule has 5 aromatic rings. The Morgan fingerprint density at radius 1 is 1.06 bits per heavy atom. The summed E-state index contributed by atoms with van der Waals surface area (Å²) < 4.78 is 12.5. The van der Waals surface area contributed by atoms with Crippen LogP contribution in [0.15, 0.2) is 76.2 Å². The van der Waals surface area contributed by atoms with Gasteiger partial charge in [0.1, 0.15) is 6.54 Å². The number of esters is 1. The Bertz CT molecular complexity index is 1650. The SMILES string of the molecule is COC(=O)c1ccccc1NC(=O)Cn1nc2c(-c3nc(-c4ccc(C)cc4)no3)cccn2c1=O. The predicted molar refractivity (Wildman–Crippen MR) is 129 cm³/mol. The first kappa shape index (κ1) is 22.7. The number of carbonyl (C=O) groups excluding carboxylic acids is 2. The van der Waals surface area contributed by atoms with Gasteiger partial charge in [0.25, 0.3) is 5.89 Å². The van der Waals surface area contributed by atoms with Crippen molar-refractivity contribution >= 4 is 23.2 Å². The van der Waals surface area contributed by atoms with E-state index in [1.54, 1.807) is 30.3 Å². The number of methoxy groups -OCH3 is 1. The number of hydrogen-bond donors (Lipinski definition) is 1. The maximum atomic E-state index is 12.9. The number of ether oxygens (including phenoxy) is 1. The third kappa shape index (κ3) is 4.25. The number of fused-ring (bicyclic) bond motifs is 1. The molecule has 0 spiro atoms. The van der Waals surface area contributed by atoms with Crippen LogP contribution < -0.4 is 11.0 Å². The maximum absolute atomic E-state index is 12.9. The van der Waals surface area contributed by atoms with Crippen molar-refractivity contribution in [3.8, 4) is 22.8 Å². The Balaban J connectivity index is 1.43. The number of pyridine rings is 1. The van der Waals surface area contributed by atoms with Crippen molar-refractivity contribution in [2.45, 2.75) is 13.5 Å². The van der Waals surface area contributed by atoms with E-state index < -0.39 is 17.6 Å². The summed E-state index contributed by atoms with van der Waals surface area (Å²) in [5.74, 6) is -0.551. The van der Waals surface area contributed by atoms with Gasteiger partial charge in [0.2, 0.25) is 11.7 Å². The van der Waals surface area contributed by atoms with E-state index in [-0.39, 0.29) is 29.3 Å². The maximum Gasteiger partial charge on any atom is 0.350 e. The normalized spacial score (nSPS) is 10.9. The number of anilines is 1. The van der Waals surface area contributed by atoms with E-state index in [2.05, 4.69) is 20.6 Å². The Morgan fingerprint density at radius 3 is 2.61 bits per heavy atom. The van der Waals surface area contributed by atoms with Crippen LogP contribution >= 0.6 is 0 Å². The van der Waals surface area contributed by atoms with Gasteiger partial charge in [-0.15, -0.1) is 5.10 Å². The lowest BCUT2D eigenvalue weighted by molar-refractivity contribution is -0.117. The molecule has 36 heavy (non-hydrogen) atoms. The molecule has 0 aliphatic heterocycles. The number of para-hydroxylation sites is 1. The van der Waals surface area contributed by atoms with Crippen molar-refractivity contribution in [2.75, 3.05) is 12.4 Å². The zero-order valence-corrected chi connectivity index (χ0v) is 19.3. The molecule has 0 saturated carbocycles. The molecule has 1 N–H and O–H groups in total. The van der Waals surface area contributed by atoms with Crippen LogP contribution in [0.1, 0.15) is 15.9 Å². The molecule has 0 fully saturated rings. The van der Waals surface area contributed by atoms with Crippen molar-refractivity contribution in [2.24, 2.45) is 0 Å². The molecule has 0 aliphatic rings. The minimum absolute atomic E-state index is 0.185. The Labute approximate surface area is 203 Å². The average Bonchev–Trinajstić information content (AvgIpc) is 3.49. The van der Waals surface area contributed by atoms with E-state index in [4.69, 9.17) is 9.26 Å². The van der Waals surface area contributed by atoms with E-state index in [9.17, 15) is 14.4 Å². The number of aryl methyl sites for hydroxylation is 1. The van der Waals surface area contributed by atoms with Crippen LogP contribution in [0.4, 0.5) is 5.69 Å². The van der Waals surface area contributed by atoms with Gasteiger partial charge in [-0.3, -0.25) is 4.79 Å². The molecule has 3 aromatic heterocycles. The van der Waals surface area contributed by atoms with E-state index in [0.29, 0.717) is 11.4 Å². The number of rotatable bonds is 6. The number of carbonyl (C=O) groups is 2. The fourth-order valence-electron chi connectivity index (χ4n) is 3.67. The number of benzene rings is 2. The zero-order valence-electron chi connectivity index (χ0n) is 19.3. The van der Waals surface area contributed by atoms with E-state index in [0.717, 1.165) is 15.8 Å². The first-order valence-corrected chi connectivity index (χ1v) is 10.9. The van der Waals surface area contributed by atoms with E-state index in [1.807, 2.05) is 31.2 Å². The van der Waals surface area contributed by atoms with Crippen LogP contribution in [-0.4, -0.2) is 43.3 Å². The van der Waals surface area contributed by atoms with Gasteiger partial charge in [0.15, 0.2) is 5.65 Å². The van der Waals surface area contributed by atoms with Crippen LogP contribution in [0.3, 0.4) is 0 Å². The average molecular weight is 484 g/mol. The van der Waals surface area contributed by atoms with Gasteiger partial charge >= 0.3 is 11.7 Å². The Morgan fingerprint density at radius 2 is 1.83 bits per heavy atom. The van der Waals surface area contributed by atoms with Crippen molar-refractivity contribution in [3.63, 3.8) is 0 Å². The summed E-state index contributed by atoms with van der Waals surface area (Å²) in [4.78, 5) is 42.0. The van der Waals surface area contributed by atoms with Crippen molar-refractivity contribution in [1.82, 2.24) is 24.3 Å². The Kier molecular flexibility index (Phi) is 5.87. The molecule has 11 nitrogen and oxygen atoms in total. The van der Waals surface area contributed by atoms with Gasteiger partial charge in [-0.25, -0.2) is 18.7 Å². The molecule has 180 valence electrons. The lowest BCUT2D eigenvalue weighted by Crippen LogP contribution is -2.28. The monoisotopic (exact) mass is 484 g/mol. The highest BCUT2D eigenvalue weighted by molar-refractivity contribution is 6.01. The highest BCUT2D eigenvalue weighted by Crippen LogP contribution is 2.24. The first-order valence-electron chi connectivity index (χ1n) is 10.9. The molecule has 0 aliphatic carbocycles. The molecule has 0 atom stereocenters. The number of nitrogens with one attached hydrogen (secondary N) is 1. The molecule has 3 heterocycles. The summed E-state index contributed by atoms with van der Waals surface area (Å²) in [7, 11) is 1.25. The minimum atomic E-state index is -0.593. The lowest BCUT2D eigenvalue weighted by Gasteiger charge is -2.09. The molecule has 0 bridgehead atoms. The summed E-state index contributed by atoms with van der Waals surface area (Å²) in [5, 5.41) is 11.0. The summed E-state index contributed by atoms with van der Waals surface area (Å²) in [6.07, 6.45) is 1.53. The molecule has 0 saturated heterocycles. The molecule has 0 unspecified atom stereocenters. The minimum Gasteiger partial charge on any atom is -0.465 e. The van der Waals surface area contributed by atoms with E-state index in [1.165, 1.54) is 23.8 Å². The second-order valence-corrected chi connectivity index (χ2v) is 7.93. The molecular formula is C25H20N6O5. The van der Waals surface area contributed by atoms with Gasteiger partial charge in [-0.1, -0.05) is 47.1 Å². The van der Waals surface area contributed by atoms with Crippen LogP contribution in [0.2, 0.25) is 0 Å². The molecule has 2 aromatic carbocycles. The summed E-state index contributed by atoms with van der Waals surface area (Å²) >= 11 is 0. The zero-order chi connectivity index (χ0) is 25.2. The summed E-state index contributed by atoms with van der Waals surface area (Å²) in [6.45, 7) is 1.60. The predicted octanol–water partition coefficient (Wildman–Crippen LogP) is 2.95.